The van der Waals surface area contributed by atoms with Gasteiger partial charge in [-0.25, -0.2) is 9.78 Å². The zero-order chi connectivity index (χ0) is 13.5. The molecule has 0 saturated carbocycles. The van der Waals surface area contributed by atoms with Gasteiger partial charge in [-0.1, -0.05) is 11.2 Å². The van der Waals surface area contributed by atoms with Crippen LogP contribution in [0.4, 0.5) is 0 Å². The van der Waals surface area contributed by atoms with Crippen LogP contribution in [0, 0.1) is 0 Å². The second-order valence-electron chi connectivity index (χ2n) is 3.68. The smallest absolute Gasteiger partial charge is 0.338 e. The number of hydrogen-bond acceptors (Lipinski definition) is 5. The Labute approximate surface area is 106 Å². The SMILES string of the molecule is C/C=C(/C(=O)OC)c1cccnc1ON=C(C)C. The van der Waals surface area contributed by atoms with E-state index in [2.05, 4.69) is 10.1 Å². The van der Waals surface area contributed by atoms with Gasteiger partial charge in [-0.2, -0.15) is 0 Å². The van der Waals surface area contributed by atoms with Crippen LogP contribution in [0.2, 0.25) is 0 Å². The molecule has 96 valence electrons. The molecule has 0 spiro atoms. The number of hydrogen-bond donors (Lipinski definition) is 0. The molecule has 0 aliphatic rings. The van der Waals surface area contributed by atoms with E-state index < -0.39 is 5.97 Å². The molecule has 1 aromatic heterocycles. The van der Waals surface area contributed by atoms with E-state index in [1.54, 1.807) is 45.2 Å². The van der Waals surface area contributed by atoms with E-state index in [4.69, 9.17) is 9.57 Å². The highest BCUT2D eigenvalue weighted by Crippen LogP contribution is 2.24. The Morgan fingerprint density at radius 2 is 2.17 bits per heavy atom. The lowest BCUT2D eigenvalue weighted by molar-refractivity contribution is -0.133. The summed E-state index contributed by atoms with van der Waals surface area (Å²) < 4.78 is 4.71. The summed E-state index contributed by atoms with van der Waals surface area (Å²) in [5.41, 5.74) is 1.70. The highest BCUT2D eigenvalue weighted by atomic mass is 16.6. The molecule has 0 radical (unpaired) electrons. The zero-order valence-corrected chi connectivity index (χ0v) is 10.9. The zero-order valence-electron chi connectivity index (χ0n) is 10.9. The standard InChI is InChI=1S/C13H16N2O3/c1-5-10(13(16)17-4)11-7-6-8-14-12(11)18-15-9(2)3/h5-8H,1-4H3/b10-5+. The number of carbonyl (C=O) groups excluding carboxylic acids is 1. The van der Waals surface area contributed by atoms with Crippen LogP contribution < -0.4 is 4.84 Å². The van der Waals surface area contributed by atoms with Crippen LogP contribution in [0.25, 0.3) is 5.57 Å². The number of nitrogens with zero attached hydrogens (tertiary/aromatic N) is 2. The fourth-order valence-electron chi connectivity index (χ4n) is 1.30. The second-order valence-corrected chi connectivity index (χ2v) is 3.68. The van der Waals surface area contributed by atoms with Crippen molar-refractivity contribution >= 4 is 17.3 Å². The predicted octanol–water partition coefficient (Wildman–Crippen LogP) is 2.43. The van der Waals surface area contributed by atoms with Crippen molar-refractivity contribution in [1.29, 1.82) is 0 Å². The van der Waals surface area contributed by atoms with E-state index in [9.17, 15) is 4.79 Å². The highest BCUT2D eigenvalue weighted by Gasteiger charge is 2.17. The van der Waals surface area contributed by atoms with Gasteiger partial charge in [0, 0.05) is 6.20 Å². The first-order valence-electron chi connectivity index (χ1n) is 5.48. The number of rotatable bonds is 4. The molecule has 0 saturated heterocycles. The van der Waals surface area contributed by atoms with Crippen molar-refractivity contribution in [3.63, 3.8) is 0 Å². The molecular formula is C13H16N2O3. The number of esters is 1. The van der Waals surface area contributed by atoms with E-state index >= 15 is 0 Å². The normalized spacial score (nSPS) is 10.8. The average Bonchev–Trinajstić information content (AvgIpc) is 2.38. The quantitative estimate of drug-likeness (QED) is 0.355. The summed E-state index contributed by atoms with van der Waals surface area (Å²) >= 11 is 0. The van der Waals surface area contributed by atoms with Gasteiger partial charge in [-0.05, 0) is 32.9 Å². The molecule has 1 heterocycles. The molecule has 5 heteroatoms. The summed E-state index contributed by atoms with van der Waals surface area (Å²) in [6.45, 7) is 5.36. The molecule has 0 aliphatic heterocycles. The van der Waals surface area contributed by atoms with Gasteiger partial charge in [0.2, 0.25) is 0 Å². The number of allylic oxidation sites excluding steroid dienone is 1. The molecule has 1 rings (SSSR count). The molecule has 0 aliphatic carbocycles. The third kappa shape index (κ3) is 3.41. The summed E-state index contributed by atoms with van der Waals surface area (Å²) in [4.78, 5) is 20.9. The first-order valence-corrected chi connectivity index (χ1v) is 5.48. The largest absolute Gasteiger partial charge is 0.465 e. The number of pyridine rings is 1. The lowest BCUT2D eigenvalue weighted by Crippen LogP contribution is -2.06. The first kappa shape index (κ1) is 13.9. The van der Waals surface area contributed by atoms with E-state index in [0.717, 1.165) is 5.71 Å². The molecule has 0 N–H and O–H groups in total. The third-order valence-corrected chi connectivity index (χ3v) is 2.07. The summed E-state index contributed by atoms with van der Waals surface area (Å²) in [5, 5.41) is 3.83. The summed E-state index contributed by atoms with van der Waals surface area (Å²) in [7, 11) is 1.33. The number of aromatic nitrogens is 1. The minimum Gasteiger partial charge on any atom is -0.465 e. The lowest BCUT2D eigenvalue weighted by atomic mass is 10.1. The maximum Gasteiger partial charge on any atom is 0.338 e. The van der Waals surface area contributed by atoms with Crippen LogP contribution in [-0.4, -0.2) is 23.8 Å². The number of oxime groups is 1. The third-order valence-electron chi connectivity index (χ3n) is 2.07. The van der Waals surface area contributed by atoms with Gasteiger partial charge in [-0.3, -0.25) is 0 Å². The summed E-state index contributed by atoms with van der Waals surface area (Å²) in [6, 6.07) is 3.45. The second kappa shape index (κ2) is 6.54. The molecule has 18 heavy (non-hydrogen) atoms. The van der Waals surface area contributed by atoms with Gasteiger partial charge in [0.15, 0.2) is 0 Å². The number of carbonyl (C=O) groups is 1. The highest BCUT2D eigenvalue weighted by molar-refractivity contribution is 6.17. The van der Waals surface area contributed by atoms with Crippen LogP contribution >= 0.6 is 0 Å². The Kier molecular flexibility index (Phi) is 5.05. The Balaban J connectivity index is 3.15. The molecule has 0 amide bonds. The average molecular weight is 248 g/mol. The van der Waals surface area contributed by atoms with Crippen molar-refractivity contribution in [3.8, 4) is 5.88 Å². The Morgan fingerprint density at radius 3 is 2.72 bits per heavy atom. The Hall–Kier alpha value is -2.17. The van der Waals surface area contributed by atoms with Crippen molar-refractivity contribution in [2.45, 2.75) is 20.8 Å². The van der Waals surface area contributed by atoms with Gasteiger partial charge in [-0.15, -0.1) is 0 Å². The van der Waals surface area contributed by atoms with Crippen molar-refractivity contribution < 1.29 is 14.4 Å². The molecule has 0 fully saturated rings. The van der Waals surface area contributed by atoms with Crippen molar-refractivity contribution in [2.75, 3.05) is 7.11 Å². The van der Waals surface area contributed by atoms with Crippen LogP contribution in [0.5, 0.6) is 5.88 Å². The first-order chi connectivity index (χ1) is 8.60. The molecule has 0 bridgehead atoms. The van der Waals surface area contributed by atoms with Crippen LogP contribution in [0.3, 0.4) is 0 Å². The fourth-order valence-corrected chi connectivity index (χ4v) is 1.30. The van der Waals surface area contributed by atoms with E-state index in [1.807, 2.05) is 0 Å². The van der Waals surface area contributed by atoms with E-state index in [1.165, 1.54) is 7.11 Å². The van der Waals surface area contributed by atoms with Gasteiger partial charge in [0.25, 0.3) is 5.88 Å². The Morgan fingerprint density at radius 1 is 1.44 bits per heavy atom. The topological polar surface area (TPSA) is 60.8 Å². The van der Waals surface area contributed by atoms with Crippen LogP contribution in [-0.2, 0) is 9.53 Å². The summed E-state index contributed by atoms with van der Waals surface area (Å²) in [5.74, 6) is -0.162. The molecule has 0 aromatic carbocycles. The Bertz CT molecular complexity index is 489. The van der Waals surface area contributed by atoms with Crippen molar-refractivity contribution in [3.05, 3.63) is 30.0 Å². The minimum atomic E-state index is -0.437. The van der Waals surface area contributed by atoms with E-state index in [0.29, 0.717) is 11.1 Å². The molecule has 5 nitrogen and oxygen atoms in total. The molecule has 0 unspecified atom stereocenters. The van der Waals surface area contributed by atoms with Gasteiger partial charge in [0.1, 0.15) is 0 Å². The maximum atomic E-state index is 11.6. The monoisotopic (exact) mass is 248 g/mol. The maximum absolute atomic E-state index is 11.6. The van der Waals surface area contributed by atoms with Gasteiger partial charge < -0.3 is 9.57 Å². The van der Waals surface area contributed by atoms with Crippen LogP contribution in [0.15, 0.2) is 29.6 Å². The van der Waals surface area contributed by atoms with E-state index in [-0.39, 0.29) is 5.88 Å². The van der Waals surface area contributed by atoms with Gasteiger partial charge in [0.05, 0.1) is 24.0 Å². The predicted molar refractivity (Wildman–Crippen MR) is 69.3 cm³/mol. The molecule has 1 aromatic rings. The number of methoxy groups -OCH3 is 1. The minimum absolute atomic E-state index is 0.275. The molecular weight excluding hydrogens is 232 g/mol. The fraction of sp³-hybridized carbons (Fsp3) is 0.308. The molecule has 0 atom stereocenters. The van der Waals surface area contributed by atoms with Crippen molar-refractivity contribution in [2.24, 2.45) is 5.16 Å². The van der Waals surface area contributed by atoms with Gasteiger partial charge >= 0.3 is 5.97 Å². The summed E-state index contributed by atoms with van der Waals surface area (Å²) in [6.07, 6.45) is 3.22. The van der Waals surface area contributed by atoms with Crippen molar-refractivity contribution in [1.82, 2.24) is 4.98 Å². The van der Waals surface area contributed by atoms with Crippen LogP contribution in [0.1, 0.15) is 26.3 Å². The lowest BCUT2D eigenvalue weighted by Gasteiger charge is -2.08. The number of ether oxygens (including phenoxy) is 1.